The molecule has 0 N–H and O–H groups in total. The second-order valence-corrected chi connectivity index (χ2v) is 6.98. The zero-order valence-electron chi connectivity index (χ0n) is 11.8. The molecule has 3 rings (SSSR count). The Hall–Kier alpha value is -1.03. The zero-order valence-corrected chi connectivity index (χ0v) is 14.1. The van der Waals surface area contributed by atoms with Crippen LogP contribution in [-0.2, 0) is 19.4 Å². The van der Waals surface area contributed by atoms with E-state index in [1.54, 1.807) is 0 Å². The predicted molar refractivity (Wildman–Crippen MR) is 92.0 cm³/mol. The Morgan fingerprint density at radius 3 is 2.71 bits per heavy atom. The summed E-state index contributed by atoms with van der Waals surface area (Å²) in [5.74, 6) is 1.59. The van der Waals surface area contributed by atoms with Gasteiger partial charge in [0.1, 0.15) is 5.82 Å². The lowest BCUT2D eigenvalue weighted by Crippen LogP contribution is -2.04. The molecule has 0 aliphatic heterocycles. The second kappa shape index (κ2) is 6.39. The third-order valence-corrected chi connectivity index (χ3v) is 5.13. The van der Waals surface area contributed by atoms with Crippen LogP contribution in [0.3, 0.4) is 0 Å². The van der Waals surface area contributed by atoms with Crippen molar-refractivity contribution in [1.29, 1.82) is 0 Å². The van der Waals surface area contributed by atoms with Crippen LogP contribution in [0.1, 0.15) is 22.5 Å². The van der Waals surface area contributed by atoms with Crippen molar-refractivity contribution in [3.63, 3.8) is 0 Å². The predicted octanol–water partition coefficient (Wildman–Crippen LogP) is 5.14. The van der Waals surface area contributed by atoms with Crippen LogP contribution < -0.4 is 0 Å². The number of halogens is 2. The maximum atomic E-state index is 6.14. The first-order chi connectivity index (χ1) is 10.2. The first-order valence-electron chi connectivity index (χ1n) is 6.99. The fourth-order valence-corrected chi connectivity index (χ4v) is 3.73. The lowest BCUT2D eigenvalue weighted by molar-refractivity contribution is 0.763. The van der Waals surface area contributed by atoms with Crippen molar-refractivity contribution >= 4 is 45.6 Å². The third-order valence-electron chi connectivity index (χ3n) is 3.49. The summed E-state index contributed by atoms with van der Waals surface area (Å²) in [6, 6.07) is 10.2. The van der Waals surface area contributed by atoms with Gasteiger partial charge in [0.15, 0.2) is 0 Å². The molecule has 0 bridgehead atoms. The lowest BCUT2D eigenvalue weighted by atomic mass is 10.3. The Morgan fingerprint density at radius 2 is 2.00 bits per heavy atom. The van der Waals surface area contributed by atoms with E-state index in [2.05, 4.69) is 23.6 Å². The number of benzene rings is 1. The van der Waals surface area contributed by atoms with Crippen molar-refractivity contribution in [2.24, 2.45) is 0 Å². The van der Waals surface area contributed by atoms with E-state index in [0.29, 0.717) is 5.88 Å². The number of hydrogen-bond acceptors (Lipinski definition) is 2. The summed E-state index contributed by atoms with van der Waals surface area (Å²) in [5, 5.41) is 0.738. The molecule has 0 unspecified atom stereocenters. The van der Waals surface area contributed by atoms with Crippen LogP contribution in [0.15, 0.2) is 30.3 Å². The zero-order chi connectivity index (χ0) is 14.8. The van der Waals surface area contributed by atoms with Crippen LogP contribution in [0.5, 0.6) is 0 Å². The number of fused-ring (bicyclic) bond motifs is 1. The Morgan fingerprint density at radius 1 is 1.19 bits per heavy atom. The van der Waals surface area contributed by atoms with Crippen LogP contribution in [0.4, 0.5) is 0 Å². The van der Waals surface area contributed by atoms with E-state index in [1.807, 2.05) is 29.5 Å². The number of rotatable bonds is 5. The molecule has 0 aliphatic carbocycles. The second-order valence-electron chi connectivity index (χ2n) is 4.91. The summed E-state index contributed by atoms with van der Waals surface area (Å²) in [6.07, 6.45) is 1.84. The van der Waals surface area contributed by atoms with Crippen molar-refractivity contribution in [3.05, 3.63) is 50.9 Å². The van der Waals surface area contributed by atoms with Crippen molar-refractivity contribution in [1.82, 2.24) is 9.55 Å². The molecule has 110 valence electrons. The monoisotopic (exact) mass is 338 g/mol. The molecule has 0 atom stereocenters. The Labute approximate surface area is 138 Å². The van der Waals surface area contributed by atoms with Gasteiger partial charge in [-0.15, -0.1) is 22.9 Å². The molecule has 2 nitrogen and oxygen atoms in total. The van der Waals surface area contributed by atoms with Crippen LogP contribution in [0, 0.1) is 0 Å². The molecule has 0 fully saturated rings. The molecule has 0 amide bonds. The van der Waals surface area contributed by atoms with Gasteiger partial charge in [0.2, 0.25) is 0 Å². The molecule has 0 saturated heterocycles. The van der Waals surface area contributed by atoms with Crippen molar-refractivity contribution in [2.75, 3.05) is 5.88 Å². The highest BCUT2D eigenvalue weighted by atomic mass is 35.5. The topological polar surface area (TPSA) is 17.8 Å². The minimum absolute atomic E-state index is 0.571. The summed E-state index contributed by atoms with van der Waals surface area (Å²) in [5.41, 5.74) is 2.06. The molecule has 2 heterocycles. The maximum Gasteiger partial charge on any atom is 0.111 e. The maximum absolute atomic E-state index is 6.14. The normalized spacial score (nSPS) is 11.4. The van der Waals surface area contributed by atoms with Gasteiger partial charge in [-0.3, -0.25) is 0 Å². The Bertz CT molecular complexity index is 761. The number of nitrogens with zero attached hydrogens (tertiary/aromatic N) is 2. The molecule has 0 saturated carbocycles. The van der Waals surface area contributed by atoms with Gasteiger partial charge in [-0.2, -0.15) is 0 Å². The van der Waals surface area contributed by atoms with Crippen LogP contribution in [-0.4, -0.2) is 15.4 Å². The van der Waals surface area contributed by atoms with Gasteiger partial charge >= 0.3 is 0 Å². The number of aryl methyl sites for hydroxylation is 2. The van der Waals surface area contributed by atoms with Gasteiger partial charge in [0.05, 0.1) is 17.6 Å². The van der Waals surface area contributed by atoms with Gasteiger partial charge in [-0.25, -0.2) is 4.98 Å². The SMILES string of the molecule is CCc1ccc(Cn2c(CCCl)nc3ccc(Cl)cc32)s1. The molecule has 0 aliphatic rings. The summed E-state index contributed by atoms with van der Waals surface area (Å²) in [6.45, 7) is 3.01. The van der Waals surface area contributed by atoms with E-state index in [0.717, 1.165) is 41.3 Å². The first-order valence-corrected chi connectivity index (χ1v) is 8.72. The van der Waals surface area contributed by atoms with Gasteiger partial charge in [0.25, 0.3) is 0 Å². The molecule has 0 spiro atoms. The largest absolute Gasteiger partial charge is 0.323 e. The minimum atomic E-state index is 0.571. The van der Waals surface area contributed by atoms with Gasteiger partial charge in [0, 0.05) is 27.1 Å². The summed E-state index contributed by atoms with van der Waals surface area (Å²) < 4.78 is 2.23. The number of alkyl halides is 1. The Balaban J connectivity index is 2.05. The highest BCUT2D eigenvalue weighted by molar-refractivity contribution is 7.11. The fraction of sp³-hybridized carbons (Fsp3) is 0.312. The first kappa shape index (κ1) is 14.9. The van der Waals surface area contributed by atoms with Crippen molar-refractivity contribution in [3.8, 4) is 0 Å². The standard InChI is InChI=1S/C16H16Cl2N2S/c1-2-12-4-5-13(21-12)10-20-15-9-11(18)3-6-14(15)19-16(20)7-8-17/h3-6,9H,2,7-8,10H2,1H3. The molecule has 0 radical (unpaired) electrons. The van der Waals surface area contributed by atoms with Gasteiger partial charge in [-0.05, 0) is 36.8 Å². The molecule has 21 heavy (non-hydrogen) atoms. The molecule has 5 heteroatoms. The Kier molecular flexibility index (Phi) is 4.53. The van der Waals surface area contributed by atoms with Crippen LogP contribution in [0.25, 0.3) is 11.0 Å². The molecular weight excluding hydrogens is 323 g/mol. The number of imidazole rings is 1. The number of hydrogen-bond donors (Lipinski definition) is 0. The highest BCUT2D eigenvalue weighted by Crippen LogP contribution is 2.25. The quantitative estimate of drug-likeness (QED) is 0.588. The van der Waals surface area contributed by atoms with E-state index in [9.17, 15) is 0 Å². The van der Waals surface area contributed by atoms with Crippen molar-refractivity contribution < 1.29 is 0 Å². The average molecular weight is 339 g/mol. The molecular formula is C16H16Cl2N2S. The fourth-order valence-electron chi connectivity index (χ4n) is 2.45. The van der Waals surface area contributed by atoms with Crippen LogP contribution >= 0.6 is 34.5 Å². The third kappa shape index (κ3) is 3.10. The molecule has 1 aromatic carbocycles. The molecule has 2 aromatic heterocycles. The van der Waals surface area contributed by atoms with E-state index >= 15 is 0 Å². The smallest absolute Gasteiger partial charge is 0.111 e. The van der Waals surface area contributed by atoms with E-state index in [-0.39, 0.29) is 0 Å². The molecule has 3 aromatic rings. The average Bonchev–Trinajstić information content (AvgIpc) is 3.06. The summed E-state index contributed by atoms with van der Waals surface area (Å²) in [4.78, 5) is 7.43. The lowest BCUT2D eigenvalue weighted by Gasteiger charge is -2.07. The summed E-state index contributed by atoms with van der Waals surface area (Å²) >= 11 is 13.9. The van der Waals surface area contributed by atoms with E-state index < -0.39 is 0 Å². The van der Waals surface area contributed by atoms with Crippen molar-refractivity contribution in [2.45, 2.75) is 26.3 Å². The van der Waals surface area contributed by atoms with Gasteiger partial charge < -0.3 is 4.57 Å². The van der Waals surface area contributed by atoms with E-state index in [4.69, 9.17) is 28.2 Å². The highest BCUT2D eigenvalue weighted by Gasteiger charge is 2.12. The minimum Gasteiger partial charge on any atom is -0.323 e. The summed E-state index contributed by atoms with van der Waals surface area (Å²) in [7, 11) is 0. The van der Waals surface area contributed by atoms with Gasteiger partial charge in [-0.1, -0.05) is 18.5 Å². The van der Waals surface area contributed by atoms with E-state index in [1.165, 1.54) is 9.75 Å². The number of aromatic nitrogens is 2. The number of thiophene rings is 1. The van der Waals surface area contributed by atoms with Crippen LogP contribution in [0.2, 0.25) is 5.02 Å².